The first kappa shape index (κ1) is 14.5. The van der Waals surface area contributed by atoms with E-state index < -0.39 is 0 Å². The van der Waals surface area contributed by atoms with Crippen LogP contribution in [0.1, 0.15) is 5.56 Å². The van der Waals surface area contributed by atoms with Gasteiger partial charge in [0.2, 0.25) is 0 Å². The highest BCUT2D eigenvalue weighted by molar-refractivity contribution is 14.1. The fraction of sp³-hybridized carbons (Fsp3) is 0.0526. The third-order valence-corrected chi connectivity index (χ3v) is 5.00. The van der Waals surface area contributed by atoms with Crippen molar-refractivity contribution in [1.29, 1.82) is 0 Å². The Labute approximate surface area is 147 Å². The van der Waals surface area contributed by atoms with Gasteiger partial charge in [0.1, 0.15) is 0 Å². The molecule has 0 N–H and O–H groups in total. The lowest BCUT2D eigenvalue weighted by Crippen LogP contribution is -2.00. The fourth-order valence-electron chi connectivity index (χ4n) is 2.74. The van der Waals surface area contributed by atoms with Crippen LogP contribution < -0.4 is 3.11 Å². The number of anilines is 2. The number of rotatable bonds is 2. The minimum Gasteiger partial charge on any atom is -0.451 e. The molecule has 4 heteroatoms. The molecule has 0 amide bonds. The molecule has 0 aliphatic carbocycles. The van der Waals surface area contributed by atoms with Crippen molar-refractivity contribution in [3.05, 3.63) is 72.0 Å². The van der Waals surface area contributed by atoms with E-state index in [-0.39, 0.29) is 5.82 Å². The zero-order chi connectivity index (χ0) is 16.0. The molecule has 3 aromatic carbocycles. The van der Waals surface area contributed by atoms with Gasteiger partial charge in [0.15, 0.2) is 17.0 Å². The molecule has 114 valence electrons. The van der Waals surface area contributed by atoms with E-state index >= 15 is 0 Å². The summed E-state index contributed by atoms with van der Waals surface area (Å²) in [4.78, 5) is 0. The predicted molar refractivity (Wildman–Crippen MR) is 101 cm³/mol. The minimum absolute atomic E-state index is 0.309. The molecule has 0 unspecified atom stereocenters. The van der Waals surface area contributed by atoms with E-state index in [0.717, 1.165) is 22.1 Å². The molecule has 0 radical (unpaired) electrons. The van der Waals surface area contributed by atoms with Crippen molar-refractivity contribution in [2.45, 2.75) is 6.92 Å². The van der Waals surface area contributed by atoms with Crippen LogP contribution in [0.15, 0.2) is 65.1 Å². The molecule has 0 saturated carbocycles. The third-order valence-electron chi connectivity index (χ3n) is 3.93. The smallest absolute Gasteiger partial charge is 0.171 e. The number of furan rings is 1. The van der Waals surface area contributed by atoms with Crippen LogP contribution in [0.2, 0.25) is 0 Å². The van der Waals surface area contributed by atoms with Crippen molar-refractivity contribution in [3.63, 3.8) is 0 Å². The molecular formula is C19H13FINO. The quantitative estimate of drug-likeness (QED) is 0.273. The van der Waals surface area contributed by atoms with Crippen LogP contribution >= 0.6 is 22.9 Å². The van der Waals surface area contributed by atoms with Gasteiger partial charge >= 0.3 is 0 Å². The lowest BCUT2D eigenvalue weighted by Gasteiger charge is -2.17. The highest BCUT2D eigenvalue weighted by Gasteiger charge is 2.17. The largest absolute Gasteiger partial charge is 0.451 e. The predicted octanol–water partition coefficient (Wildman–Crippen LogP) is 6.52. The lowest BCUT2D eigenvalue weighted by molar-refractivity contribution is 0.584. The van der Waals surface area contributed by atoms with Gasteiger partial charge in [-0.1, -0.05) is 42.0 Å². The first-order valence-electron chi connectivity index (χ1n) is 7.27. The third kappa shape index (κ3) is 2.37. The van der Waals surface area contributed by atoms with Crippen molar-refractivity contribution in [2.24, 2.45) is 0 Å². The van der Waals surface area contributed by atoms with E-state index in [4.69, 9.17) is 4.42 Å². The Morgan fingerprint density at radius 3 is 2.26 bits per heavy atom. The summed E-state index contributed by atoms with van der Waals surface area (Å²) >= 11 is 2.25. The number of hydrogen-bond donors (Lipinski definition) is 0. The normalized spacial score (nSPS) is 11.3. The number of nitrogens with zero attached hydrogens (tertiary/aromatic N) is 1. The van der Waals surface area contributed by atoms with Crippen LogP contribution in [0.3, 0.4) is 0 Å². The summed E-state index contributed by atoms with van der Waals surface area (Å²) in [5, 5.41) is 1.72. The Morgan fingerprint density at radius 2 is 1.52 bits per heavy atom. The molecule has 0 bridgehead atoms. The highest BCUT2D eigenvalue weighted by atomic mass is 127. The zero-order valence-corrected chi connectivity index (χ0v) is 14.5. The Bertz CT molecular complexity index is 1010. The molecule has 1 heterocycles. The Kier molecular flexibility index (Phi) is 3.49. The molecule has 2 nitrogen and oxygen atoms in total. The second-order valence-corrected chi connectivity index (χ2v) is 6.45. The fourth-order valence-corrected chi connectivity index (χ4v) is 3.44. The van der Waals surface area contributed by atoms with Crippen LogP contribution in [-0.4, -0.2) is 0 Å². The molecule has 0 aliphatic rings. The SMILES string of the molecule is Cc1ccc(N(I)c2cccc3c2oc2c(F)cccc23)cc1. The molecule has 1 aromatic heterocycles. The Balaban J connectivity index is 1.95. The molecule has 4 rings (SSSR count). The summed E-state index contributed by atoms with van der Waals surface area (Å²) in [6, 6.07) is 19.2. The number of aryl methyl sites for hydroxylation is 1. The molecule has 0 fully saturated rings. The number of benzene rings is 3. The van der Waals surface area contributed by atoms with E-state index in [1.165, 1.54) is 11.6 Å². The molecule has 23 heavy (non-hydrogen) atoms. The summed E-state index contributed by atoms with van der Waals surface area (Å²) in [6.45, 7) is 2.06. The van der Waals surface area contributed by atoms with Gasteiger partial charge in [0.05, 0.1) is 34.2 Å². The van der Waals surface area contributed by atoms with Gasteiger partial charge in [-0.25, -0.2) is 4.39 Å². The summed E-state index contributed by atoms with van der Waals surface area (Å²) in [6.07, 6.45) is 0. The number of halogens is 2. The van der Waals surface area contributed by atoms with E-state index in [1.54, 1.807) is 6.07 Å². The average molecular weight is 417 g/mol. The van der Waals surface area contributed by atoms with Gasteiger partial charge in [0.25, 0.3) is 0 Å². The number of hydrogen-bond acceptors (Lipinski definition) is 2. The molecule has 0 saturated heterocycles. The van der Waals surface area contributed by atoms with Crippen molar-refractivity contribution in [1.82, 2.24) is 0 Å². The van der Waals surface area contributed by atoms with Crippen LogP contribution in [0.4, 0.5) is 15.8 Å². The van der Waals surface area contributed by atoms with Crippen molar-refractivity contribution >= 4 is 56.2 Å². The van der Waals surface area contributed by atoms with Crippen LogP contribution in [0.5, 0.6) is 0 Å². The van der Waals surface area contributed by atoms with Crippen molar-refractivity contribution < 1.29 is 8.81 Å². The molecule has 0 atom stereocenters. The van der Waals surface area contributed by atoms with Gasteiger partial charge in [-0.15, -0.1) is 0 Å². The second kappa shape index (κ2) is 5.53. The second-order valence-electron chi connectivity index (χ2n) is 5.49. The monoisotopic (exact) mass is 417 g/mol. The maximum absolute atomic E-state index is 14.0. The molecular weight excluding hydrogens is 404 g/mol. The van der Waals surface area contributed by atoms with Gasteiger partial charge in [-0.3, -0.25) is 3.11 Å². The van der Waals surface area contributed by atoms with E-state index in [0.29, 0.717) is 11.2 Å². The number of para-hydroxylation sites is 2. The molecule has 0 aliphatic heterocycles. The Hall–Kier alpha value is -2.08. The van der Waals surface area contributed by atoms with E-state index in [1.807, 2.05) is 27.4 Å². The molecule has 4 aromatic rings. The topological polar surface area (TPSA) is 16.4 Å². The van der Waals surface area contributed by atoms with E-state index in [9.17, 15) is 4.39 Å². The van der Waals surface area contributed by atoms with Crippen LogP contribution in [0.25, 0.3) is 21.9 Å². The van der Waals surface area contributed by atoms with Gasteiger partial charge in [-0.2, -0.15) is 0 Å². The zero-order valence-electron chi connectivity index (χ0n) is 12.4. The summed E-state index contributed by atoms with van der Waals surface area (Å²) < 4.78 is 21.9. The Morgan fingerprint density at radius 1 is 0.870 bits per heavy atom. The van der Waals surface area contributed by atoms with Crippen LogP contribution in [0, 0.1) is 12.7 Å². The van der Waals surface area contributed by atoms with Crippen LogP contribution in [-0.2, 0) is 0 Å². The number of fused-ring (bicyclic) bond motifs is 3. The first-order valence-corrected chi connectivity index (χ1v) is 8.24. The van der Waals surface area contributed by atoms with Gasteiger partial charge in [0, 0.05) is 10.8 Å². The summed E-state index contributed by atoms with van der Waals surface area (Å²) in [7, 11) is 0. The summed E-state index contributed by atoms with van der Waals surface area (Å²) in [5.74, 6) is -0.333. The molecule has 0 spiro atoms. The van der Waals surface area contributed by atoms with Gasteiger partial charge < -0.3 is 4.42 Å². The maximum Gasteiger partial charge on any atom is 0.171 e. The van der Waals surface area contributed by atoms with E-state index in [2.05, 4.69) is 54.1 Å². The van der Waals surface area contributed by atoms with Gasteiger partial charge in [-0.05, 0) is 31.2 Å². The van der Waals surface area contributed by atoms with Crippen molar-refractivity contribution in [2.75, 3.05) is 3.11 Å². The lowest BCUT2D eigenvalue weighted by atomic mass is 10.1. The first-order chi connectivity index (χ1) is 11.1. The summed E-state index contributed by atoms with van der Waals surface area (Å²) in [5.41, 5.74) is 4.17. The maximum atomic E-state index is 14.0. The standard InChI is InChI=1S/C19H13FINO/c1-12-8-10-13(11-9-12)22(21)17-7-3-5-15-14-4-2-6-16(20)18(14)23-19(15)17/h2-11H,1H3. The average Bonchev–Trinajstić information content (AvgIpc) is 2.95. The highest BCUT2D eigenvalue weighted by Crippen LogP contribution is 2.40. The minimum atomic E-state index is -0.333. The van der Waals surface area contributed by atoms with Crippen molar-refractivity contribution in [3.8, 4) is 0 Å².